The Hall–Kier alpha value is -2.98. The van der Waals surface area contributed by atoms with Crippen molar-refractivity contribution in [2.24, 2.45) is 0 Å². The van der Waals surface area contributed by atoms with Gasteiger partial charge in [0.05, 0.1) is 20.4 Å². The van der Waals surface area contributed by atoms with Gasteiger partial charge in [0.25, 0.3) is 11.6 Å². The molecule has 0 aliphatic rings. The van der Waals surface area contributed by atoms with E-state index in [-0.39, 0.29) is 26.9 Å². The summed E-state index contributed by atoms with van der Waals surface area (Å²) in [6.07, 6.45) is -0.258. The molecular weight excluding hydrogens is 412 g/mol. The van der Waals surface area contributed by atoms with Gasteiger partial charge in [-0.3, -0.25) is 14.9 Å². The number of nitrogens with zero attached hydrogens (tertiary/aromatic N) is 1. The van der Waals surface area contributed by atoms with Crippen LogP contribution >= 0.6 is 11.6 Å². The molecule has 0 heterocycles. The largest absolute Gasteiger partial charge is 0.449 e. The molecule has 1 amide bonds. The number of non-ortho nitro benzene ring substituents is 1. The van der Waals surface area contributed by atoms with Gasteiger partial charge in [0.1, 0.15) is 0 Å². The average Bonchev–Trinajstić information content (AvgIpc) is 2.61. The van der Waals surface area contributed by atoms with Crippen molar-refractivity contribution >= 4 is 44.7 Å². The zero-order chi connectivity index (χ0) is 21.1. The Kier molecular flexibility index (Phi) is 6.37. The lowest BCUT2D eigenvalue weighted by Gasteiger charge is -2.14. The Balaban J connectivity index is 2.09. The lowest BCUT2D eigenvalue weighted by Crippen LogP contribution is -2.30. The van der Waals surface area contributed by atoms with Crippen LogP contribution in [0.4, 0.5) is 11.4 Å². The highest BCUT2D eigenvalue weighted by molar-refractivity contribution is 7.90. The molecule has 1 atom stereocenters. The molecule has 0 spiro atoms. The zero-order valence-electron chi connectivity index (χ0n) is 14.7. The fourth-order valence-corrected chi connectivity index (χ4v) is 2.92. The van der Waals surface area contributed by atoms with Crippen LogP contribution in [0, 0.1) is 10.1 Å². The minimum Gasteiger partial charge on any atom is -0.449 e. The van der Waals surface area contributed by atoms with Crippen molar-refractivity contribution in [3.63, 3.8) is 0 Å². The van der Waals surface area contributed by atoms with Gasteiger partial charge in [-0.2, -0.15) is 0 Å². The summed E-state index contributed by atoms with van der Waals surface area (Å²) in [7, 11) is -3.56. The van der Waals surface area contributed by atoms with E-state index in [1.54, 1.807) is 0 Å². The maximum absolute atomic E-state index is 12.3. The number of esters is 1. The SMILES string of the molecule is CC(OC(=O)c1cc(S(C)(=O)=O)ccc1Cl)C(=O)Nc1ccc([N+](=O)[O-])cc1. The first-order valence-corrected chi connectivity index (χ1v) is 10.0. The highest BCUT2D eigenvalue weighted by atomic mass is 35.5. The number of rotatable bonds is 6. The molecule has 0 saturated carbocycles. The van der Waals surface area contributed by atoms with E-state index in [0.29, 0.717) is 0 Å². The van der Waals surface area contributed by atoms with E-state index in [0.717, 1.165) is 12.3 Å². The summed E-state index contributed by atoms with van der Waals surface area (Å²) in [6.45, 7) is 1.31. The van der Waals surface area contributed by atoms with Crippen LogP contribution in [0.3, 0.4) is 0 Å². The molecule has 2 aromatic rings. The highest BCUT2D eigenvalue weighted by Gasteiger charge is 2.22. The number of hydrogen-bond acceptors (Lipinski definition) is 7. The van der Waals surface area contributed by atoms with Gasteiger partial charge in [-0.25, -0.2) is 13.2 Å². The minimum absolute atomic E-state index is 0.0274. The number of amides is 1. The molecule has 0 aliphatic carbocycles. The minimum atomic E-state index is -3.56. The number of sulfone groups is 1. The van der Waals surface area contributed by atoms with E-state index in [4.69, 9.17) is 16.3 Å². The third-order valence-electron chi connectivity index (χ3n) is 3.58. The Bertz CT molecular complexity index is 1040. The van der Waals surface area contributed by atoms with Crippen LogP contribution in [-0.4, -0.2) is 37.6 Å². The van der Waals surface area contributed by atoms with Gasteiger partial charge < -0.3 is 10.1 Å². The van der Waals surface area contributed by atoms with Gasteiger partial charge in [-0.05, 0) is 37.3 Å². The van der Waals surface area contributed by atoms with Gasteiger partial charge in [0.2, 0.25) is 0 Å². The van der Waals surface area contributed by atoms with Gasteiger partial charge in [0.15, 0.2) is 15.9 Å². The number of halogens is 1. The smallest absolute Gasteiger partial charge is 0.340 e. The van der Waals surface area contributed by atoms with E-state index in [1.165, 1.54) is 43.3 Å². The molecule has 0 aromatic heterocycles. The number of hydrogen-bond donors (Lipinski definition) is 1. The lowest BCUT2D eigenvalue weighted by atomic mass is 10.2. The van der Waals surface area contributed by atoms with E-state index in [9.17, 15) is 28.1 Å². The summed E-state index contributed by atoms with van der Waals surface area (Å²) in [4.78, 5) is 34.4. The number of carbonyl (C=O) groups is 2. The summed E-state index contributed by atoms with van der Waals surface area (Å²) in [5.74, 6) is -1.65. The fraction of sp³-hybridized carbons (Fsp3) is 0.176. The fourth-order valence-electron chi connectivity index (χ4n) is 2.08. The first-order valence-electron chi connectivity index (χ1n) is 7.75. The van der Waals surface area contributed by atoms with Crippen LogP contribution in [-0.2, 0) is 19.4 Å². The second-order valence-corrected chi connectivity index (χ2v) is 8.18. The van der Waals surface area contributed by atoms with Crippen molar-refractivity contribution in [2.45, 2.75) is 17.9 Å². The number of nitrogens with one attached hydrogen (secondary N) is 1. The van der Waals surface area contributed by atoms with Crippen LogP contribution in [0.25, 0.3) is 0 Å². The summed E-state index contributed by atoms with van der Waals surface area (Å²) < 4.78 is 28.3. The molecule has 0 saturated heterocycles. The number of benzene rings is 2. The highest BCUT2D eigenvalue weighted by Crippen LogP contribution is 2.22. The number of anilines is 1. The summed E-state index contributed by atoms with van der Waals surface area (Å²) in [5, 5.41) is 13.0. The maximum Gasteiger partial charge on any atom is 0.340 e. The monoisotopic (exact) mass is 426 g/mol. The Morgan fingerprint density at radius 2 is 1.79 bits per heavy atom. The van der Waals surface area contributed by atoms with Crippen LogP contribution in [0.1, 0.15) is 17.3 Å². The normalized spacial score (nSPS) is 12.1. The quantitative estimate of drug-likeness (QED) is 0.426. The topological polar surface area (TPSA) is 133 Å². The molecule has 2 rings (SSSR count). The third-order valence-corrected chi connectivity index (χ3v) is 5.02. The molecule has 0 aliphatic heterocycles. The summed E-state index contributed by atoms with van der Waals surface area (Å²) >= 11 is 5.92. The Morgan fingerprint density at radius 1 is 1.18 bits per heavy atom. The van der Waals surface area contributed by atoms with Crippen molar-refractivity contribution in [3.05, 3.63) is 63.2 Å². The van der Waals surface area contributed by atoms with Crippen LogP contribution in [0.15, 0.2) is 47.4 Å². The van der Waals surface area contributed by atoms with Crippen molar-refractivity contribution in [1.29, 1.82) is 0 Å². The molecular formula is C17H15ClN2O7S. The Morgan fingerprint density at radius 3 is 2.32 bits per heavy atom. The number of nitro benzene ring substituents is 1. The zero-order valence-corrected chi connectivity index (χ0v) is 16.3. The molecule has 11 heteroatoms. The van der Waals surface area contributed by atoms with Gasteiger partial charge in [0, 0.05) is 24.1 Å². The van der Waals surface area contributed by atoms with E-state index in [2.05, 4.69) is 5.32 Å². The number of carbonyl (C=O) groups excluding carboxylic acids is 2. The van der Waals surface area contributed by atoms with Gasteiger partial charge in [-0.15, -0.1) is 0 Å². The average molecular weight is 427 g/mol. The summed E-state index contributed by atoms with van der Waals surface area (Å²) in [5.41, 5.74) is -0.0620. The van der Waals surface area contributed by atoms with E-state index < -0.39 is 32.7 Å². The number of nitro groups is 1. The lowest BCUT2D eigenvalue weighted by molar-refractivity contribution is -0.384. The van der Waals surface area contributed by atoms with E-state index in [1.807, 2.05) is 0 Å². The maximum atomic E-state index is 12.3. The first kappa shape index (κ1) is 21.3. The van der Waals surface area contributed by atoms with E-state index >= 15 is 0 Å². The molecule has 148 valence electrons. The van der Waals surface area contributed by atoms with Crippen molar-refractivity contribution in [2.75, 3.05) is 11.6 Å². The predicted octanol–water partition coefficient (Wildman–Crippen LogP) is 2.84. The molecule has 1 unspecified atom stereocenters. The summed E-state index contributed by atoms with van der Waals surface area (Å²) in [6, 6.07) is 8.65. The first-order chi connectivity index (χ1) is 13.0. The Labute approximate surface area is 165 Å². The molecule has 2 aromatic carbocycles. The van der Waals surface area contributed by atoms with Crippen LogP contribution in [0.2, 0.25) is 5.02 Å². The molecule has 28 heavy (non-hydrogen) atoms. The van der Waals surface area contributed by atoms with Crippen molar-refractivity contribution in [1.82, 2.24) is 0 Å². The van der Waals surface area contributed by atoms with Crippen LogP contribution in [0.5, 0.6) is 0 Å². The molecule has 9 nitrogen and oxygen atoms in total. The second-order valence-electron chi connectivity index (χ2n) is 5.75. The van der Waals surface area contributed by atoms with Crippen molar-refractivity contribution in [3.8, 4) is 0 Å². The molecule has 1 N–H and O–H groups in total. The van der Waals surface area contributed by atoms with Crippen LogP contribution < -0.4 is 5.32 Å². The molecule has 0 bridgehead atoms. The molecule has 0 radical (unpaired) electrons. The number of ether oxygens (including phenoxy) is 1. The van der Waals surface area contributed by atoms with Gasteiger partial charge in [-0.1, -0.05) is 11.6 Å². The standard InChI is InChI=1S/C17H15ClN2O7S/c1-10(16(21)19-11-3-5-12(6-4-11)20(23)24)27-17(22)14-9-13(28(2,25)26)7-8-15(14)18/h3-10H,1-2H3,(H,19,21). The molecule has 0 fully saturated rings. The predicted molar refractivity (Wildman–Crippen MR) is 101 cm³/mol. The van der Waals surface area contributed by atoms with Gasteiger partial charge >= 0.3 is 5.97 Å². The third kappa shape index (κ3) is 5.27. The second kappa shape index (κ2) is 8.36. The van der Waals surface area contributed by atoms with Crippen molar-refractivity contribution < 1.29 is 27.7 Å².